The van der Waals surface area contributed by atoms with Gasteiger partial charge < -0.3 is 19.7 Å². The smallest absolute Gasteiger partial charge is 0.258 e. The lowest BCUT2D eigenvalue weighted by Crippen LogP contribution is -2.30. The van der Waals surface area contributed by atoms with Crippen molar-refractivity contribution >= 4 is 49.9 Å². The van der Waals surface area contributed by atoms with E-state index in [9.17, 15) is 9.59 Å². The Morgan fingerprint density at radius 1 is 0.889 bits per heavy atom. The molecule has 0 spiro atoms. The fraction of sp³-hybridized carbons (Fsp3) is 0.172. The molecule has 4 rings (SSSR count). The van der Waals surface area contributed by atoms with Gasteiger partial charge in [0.15, 0.2) is 0 Å². The van der Waals surface area contributed by atoms with Crippen LogP contribution in [-0.4, -0.2) is 38.7 Å². The van der Waals surface area contributed by atoms with Crippen LogP contribution in [0.15, 0.2) is 89.4 Å². The van der Waals surface area contributed by atoms with Crippen molar-refractivity contribution in [1.29, 1.82) is 0 Å². The van der Waals surface area contributed by atoms with Gasteiger partial charge in [0.05, 0.1) is 16.8 Å². The topological polar surface area (TPSA) is 67.9 Å². The summed E-state index contributed by atoms with van der Waals surface area (Å²) in [5.74, 6) is 0.280. The largest absolute Gasteiger partial charge is 0.490 e. The normalized spacial score (nSPS) is 10.8. The van der Waals surface area contributed by atoms with Crippen molar-refractivity contribution in [2.45, 2.75) is 6.92 Å². The summed E-state index contributed by atoms with van der Waals surface area (Å²) in [6.45, 7) is 3.39. The molecule has 0 aliphatic carbocycles. The standard InChI is InChI=1S/C29H27BrN2O4/c1-3-32(26-10-6-8-20-7-4-5-9-24(20)26)29(34)21-11-14-23(15-12-21)31-28(33)22-13-16-27(25(30)19-22)36-18-17-35-2/h4-16,19H,3,17-18H2,1-2H3,(H,31,33). The first-order valence-electron chi connectivity index (χ1n) is 11.6. The molecule has 4 aromatic carbocycles. The van der Waals surface area contributed by atoms with Crippen LogP contribution < -0.4 is 15.0 Å². The van der Waals surface area contributed by atoms with Crippen LogP contribution in [0.1, 0.15) is 27.6 Å². The molecule has 0 radical (unpaired) electrons. The van der Waals surface area contributed by atoms with Gasteiger partial charge in [-0.15, -0.1) is 0 Å². The molecule has 0 bridgehead atoms. The van der Waals surface area contributed by atoms with Gasteiger partial charge in [-0.05, 0) is 76.8 Å². The maximum Gasteiger partial charge on any atom is 0.258 e. The molecule has 184 valence electrons. The van der Waals surface area contributed by atoms with Gasteiger partial charge in [0.2, 0.25) is 0 Å². The highest BCUT2D eigenvalue weighted by Crippen LogP contribution is 2.29. The van der Waals surface area contributed by atoms with Crippen LogP contribution in [0.25, 0.3) is 10.8 Å². The highest BCUT2D eigenvalue weighted by molar-refractivity contribution is 9.10. The van der Waals surface area contributed by atoms with E-state index in [4.69, 9.17) is 9.47 Å². The highest BCUT2D eigenvalue weighted by Gasteiger charge is 2.18. The molecule has 0 fully saturated rings. The van der Waals surface area contributed by atoms with Crippen molar-refractivity contribution in [3.63, 3.8) is 0 Å². The molecule has 0 aromatic heterocycles. The minimum Gasteiger partial charge on any atom is -0.490 e. The summed E-state index contributed by atoms with van der Waals surface area (Å²) in [5.41, 5.74) is 2.50. The Hall–Kier alpha value is -3.68. The van der Waals surface area contributed by atoms with Crippen LogP contribution in [0.3, 0.4) is 0 Å². The fourth-order valence-corrected chi connectivity index (χ4v) is 4.41. The number of fused-ring (bicyclic) bond motifs is 1. The van der Waals surface area contributed by atoms with Gasteiger partial charge in [-0.25, -0.2) is 0 Å². The predicted molar refractivity (Wildman–Crippen MR) is 147 cm³/mol. The molecule has 0 heterocycles. The molecular weight excluding hydrogens is 520 g/mol. The van der Waals surface area contributed by atoms with E-state index in [0.717, 1.165) is 16.5 Å². The number of hydrogen-bond acceptors (Lipinski definition) is 4. The van der Waals surface area contributed by atoms with Crippen molar-refractivity contribution in [3.8, 4) is 5.75 Å². The highest BCUT2D eigenvalue weighted by atomic mass is 79.9. The molecule has 1 N–H and O–H groups in total. The molecule has 7 heteroatoms. The Balaban J connectivity index is 1.46. The van der Waals surface area contributed by atoms with Crippen LogP contribution >= 0.6 is 15.9 Å². The van der Waals surface area contributed by atoms with Gasteiger partial charge in [0, 0.05) is 35.9 Å². The summed E-state index contributed by atoms with van der Waals surface area (Å²) in [5, 5.41) is 4.99. The van der Waals surface area contributed by atoms with Gasteiger partial charge in [-0.1, -0.05) is 36.4 Å². The maximum absolute atomic E-state index is 13.4. The van der Waals surface area contributed by atoms with E-state index >= 15 is 0 Å². The number of anilines is 2. The molecule has 0 saturated heterocycles. The van der Waals surface area contributed by atoms with E-state index in [1.54, 1.807) is 54.5 Å². The minimum absolute atomic E-state index is 0.0975. The Bertz CT molecular complexity index is 1370. The number of carbonyl (C=O) groups excluding carboxylic acids is 2. The number of methoxy groups -OCH3 is 1. The lowest BCUT2D eigenvalue weighted by Gasteiger charge is -2.23. The second-order valence-electron chi connectivity index (χ2n) is 8.07. The van der Waals surface area contributed by atoms with E-state index in [2.05, 4.69) is 21.2 Å². The summed E-state index contributed by atoms with van der Waals surface area (Å²) in [7, 11) is 1.61. The number of rotatable bonds is 9. The first kappa shape index (κ1) is 25.4. The number of nitrogens with zero attached hydrogens (tertiary/aromatic N) is 1. The van der Waals surface area contributed by atoms with Gasteiger partial charge in [0.1, 0.15) is 12.4 Å². The van der Waals surface area contributed by atoms with E-state index < -0.39 is 0 Å². The Kier molecular flexibility index (Phi) is 8.36. The lowest BCUT2D eigenvalue weighted by molar-refractivity contribution is 0.0987. The Morgan fingerprint density at radius 2 is 1.61 bits per heavy atom. The fourth-order valence-electron chi connectivity index (χ4n) is 3.92. The first-order chi connectivity index (χ1) is 17.5. The quantitative estimate of drug-likeness (QED) is 0.242. The molecule has 4 aromatic rings. The zero-order valence-electron chi connectivity index (χ0n) is 20.2. The summed E-state index contributed by atoms with van der Waals surface area (Å²) < 4.78 is 11.3. The summed E-state index contributed by atoms with van der Waals surface area (Å²) in [4.78, 5) is 27.9. The van der Waals surface area contributed by atoms with E-state index in [-0.39, 0.29) is 11.8 Å². The molecule has 2 amide bonds. The zero-order valence-corrected chi connectivity index (χ0v) is 21.7. The SMILES string of the molecule is CCN(C(=O)c1ccc(NC(=O)c2ccc(OCCOC)c(Br)c2)cc1)c1cccc2ccccc12. The zero-order chi connectivity index (χ0) is 25.5. The molecule has 0 atom stereocenters. The number of amides is 2. The van der Waals surface area contributed by atoms with Crippen molar-refractivity contribution in [3.05, 3.63) is 101 Å². The van der Waals surface area contributed by atoms with E-state index in [1.807, 2.05) is 49.4 Å². The van der Waals surface area contributed by atoms with Crippen LogP contribution in [0, 0.1) is 0 Å². The second-order valence-corrected chi connectivity index (χ2v) is 8.92. The number of hydrogen-bond donors (Lipinski definition) is 1. The van der Waals surface area contributed by atoms with Crippen LogP contribution in [0.4, 0.5) is 11.4 Å². The molecular formula is C29H27BrN2O4. The van der Waals surface area contributed by atoms with Gasteiger partial charge in [-0.2, -0.15) is 0 Å². The third kappa shape index (κ3) is 5.75. The van der Waals surface area contributed by atoms with Crippen LogP contribution in [-0.2, 0) is 4.74 Å². The van der Waals surface area contributed by atoms with Crippen LogP contribution in [0.2, 0.25) is 0 Å². The number of carbonyl (C=O) groups is 2. The Morgan fingerprint density at radius 3 is 2.33 bits per heavy atom. The van der Waals surface area contributed by atoms with Gasteiger partial charge in [0.25, 0.3) is 11.8 Å². The summed E-state index contributed by atoms with van der Waals surface area (Å²) in [6, 6.07) is 26.1. The molecule has 0 aliphatic heterocycles. The number of nitrogens with one attached hydrogen (secondary N) is 1. The van der Waals surface area contributed by atoms with E-state index in [1.165, 1.54) is 0 Å². The van der Waals surface area contributed by atoms with Crippen molar-refractivity contribution in [2.24, 2.45) is 0 Å². The van der Waals surface area contributed by atoms with Crippen molar-refractivity contribution < 1.29 is 19.1 Å². The lowest BCUT2D eigenvalue weighted by atomic mass is 10.1. The van der Waals surface area contributed by atoms with Crippen molar-refractivity contribution in [2.75, 3.05) is 37.1 Å². The third-order valence-corrected chi connectivity index (χ3v) is 6.37. The van der Waals surface area contributed by atoms with Gasteiger partial charge in [-0.3, -0.25) is 9.59 Å². The first-order valence-corrected chi connectivity index (χ1v) is 12.4. The average Bonchev–Trinajstić information content (AvgIpc) is 2.90. The number of benzene rings is 4. The molecule has 0 saturated carbocycles. The monoisotopic (exact) mass is 546 g/mol. The molecule has 0 unspecified atom stereocenters. The maximum atomic E-state index is 13.4. The van der Waals surface area contributed by atoms with E-state index in [0.29, 0.717) is 46.8 Å². The second kappa shape index (κ2) is 11.8. The summed E-state index contributed by atoms with van der Waals surface area (Å²) in [6.07, 6.45) is 0. The number of halogens is 1. The van der Waals surface area contributed by atoms with Crippen LogP contribution in [0.5, 0.6) is 5.75 Å². The molecule has 6 nitrogen and oxygen atoms in total. The molecule has 0 aliphatic rings. The minimum atomic E-state index is -0.260. The third-order valence-electron chi connectivity index (χ3n) is 5.75. The Labute approximate surface area is 219 Å². The predicted octanol–water partition coefficient (Wildman–Crippen LogP) is 6.55. The average molecular weight is 547 g/mol. The van der Waals surface area contributed by atoms with Gasteiger partial charge >= 0.3 is 0 Å². The van der Waals surface area contributed by atoms with Crippen molar-refractivity contribution in [1.82, 2.24) is 0 Å². The number of ether oxygens (including phenoxy) is 2. The molecule has 36 heavy (non-hydrogen) atoms. The summed E-state index contributed by atoms with van der Waals surface area (Å²) >= 11 is 3.45.